The number of methoxy groups -OCH3 is 1. The van der Waals surface area contributed by atoms with Crippen LogP contribution >= 0.6 is 23.2 Å². The summed E-state index contributed by atoms with van der Waals surface area (Å²) in [5.74, 6) is -1.42. The van der Waals surface area contributed by atoms with E-state index in [4.69, 9.17) is 32.7 Å². The molecule has 8 atom stereocenters. The maximum atomic E-state index is 13.1. The van der Waals surface area contributed by atoms with Gasteiger partial charge in [-0.2, -0.15) is 0 Å². The molecule has 0 aromatic rings. The molecule has 6 nitrogen and oxygen atoms in total. The van der Waals surface area contributed by atoms with E-state index in [1.807, 2.05) is 13.0 Å². The smallest absolute Gasteiger partial charge is 0.350 e. The molecule has 0 radical (unpaired) electrons. The zero-order chi connectivity index (χ0) is 23.6. The summed E-state index contributed by atoms with van der Waals surface area (Å²) in [5, 5.41) is 11.5. The van der Waals surface area contributed by atoms with Gasteiger partial charge in [0.05, 0.1) is 13.2 Å². The lowest BCUT2D eigenvalue weighted by atomic mass is 9.45. The van der Waals surface area contributed by atoms with Crippen molar-refractivity contribution in [3.63, 3.8) is 0 Å². The van der Waals surface area contributed by atoms with Crippen molar-refractivity contribution in [3.05, 3.63) is 23.8 Å². The zero-order valence-electron chi connectivity index (χ0n) is 18.8. The van der Waals surface area contributed by atoms with Crippen molar-refractivity contribution < 1.29 is 29.0 Å². The van der Waals surface area contributed by atoms with E-state index < -0.39 is 39.3 Å². The van der Waals surface area contributed by atoms with Gasteiger partial charge in [0.25, 0.3) is 0 Å². The molecule has 32 heavy (non-hydrogen) atoms. The van der Waals surface area contributed by atoms with Gasteiger partial charge in [0.1, 0.15) is 0 Å². The summed E-state index contributed by atoms with van der Waals surface area (Å²) in [7, 11) is 1.26. The van der Waals surface area contributed by atoms with Gasteiger partial charge in [-0.25, -0.2) is 9.59 Å². The van der Waals surface area contributed by atoms with Crippen LogP contribution in [-0.4, -0.2) is 46.5 Å². The number of ether oxygens (including phenoxy) is 2. The van der Waals surface area contributed by atoms with E-state index in [2.05, 4.69) is 13.8 Å². The lowest BCUT2D eigenvalue weighted by molar-refractivity contribution is -0.211. The molecule has 0 unspecified atom stereocenters. The van der Waals surface area contributed by atoms with Crippen LogP contribution in [0.2, 0.25) is 0 Å². The Morgan fingerprint density at radius 1 is 1.28 bits per heavy atom. The van der Waals surface area contributed by atoms with Crippen molar-refractivity contribution in [2.24, 2.45) is 34.5 Å². The summed E-state index contributed by atoms with van der Waals surface area (Å²) in [6.45, 7) is 6.11. The Balaban J connectivity index is 1.78. The summed E-state index contributed by atoms with van der Waals surface area (Å²) in [6, 6.07) is 0. The van der Waals surface area contributed by atoms with Crippen LogP contribution in [0.1, 0.15) is 46.5 Å². The SMILES string of the molecule is COC(=O)[C@@]1(OC(=O)C(Cl)Cl)CC[C@H]2[C@@H]3C[C@H](C)C4=CC(=O)C=C[C@]4(C)[C@H]3[C@@H](O)C[C@@]21C. The molecule has 0 aliphatic heterocycles. The van der Waals surface area contributed by atoms with Crippen molar-refractivity contribution >= 4 is 40.9 Å². The number of ketones is 1. The van der Waals surface area contributed by atoms with Crippen LogP contribution in [0.4, 0.5) is 0 Å². The standard InChI is InChI=1S/C24H30Cl2O6/c1-12-9-14-15-6-8-24(21(30)31-4,32-20(29)19(25)26)23(15,3)11-17(28)18(14)22(2)7-5-13(27)10-16(12)22/h5,7,10,12,14-15,17-19,28H,6,8-9,11H2,1-4H3/t12-,14-,15-,17-,18+,22-,23-,24-/m0/s1. The van der Waals surface area contributed by atoms with Gasteiger partial charge < -0.3 is 14.6 Å². The van der Waals surface area contributed by atoms with Crippen LogP contribution < -0.4 is 0 Å². The quantitative estimate of drug-likeness (QED) is 0.484. The van der Waals surface area contributed by atoms with Crippen molar-refractivity contribution in [2.75, 3.05) is 7.11 Å². The number of rotatable bonds is 3. The van der Waals surface area contributed by atoms with Gasteiger partial charge in [0, 0.05) is 16.7 Å². The van der Waals surface area contributed by atoms with Gasteiger partial charge in [-0.15, -0.1) is 0 Å². The molecule has 0 bridgehead atoms. The van der Waals surface area contributed by atoms with Gasteiger partial charge >= 0.3 is 11.9 Å². The number of hydrogen-bond donors (Lipinski definition) is 1. The second kappa shape index (κ2) is 7.85. The van der Waals surface area contributed by atoms with Gasteiger partial charge in [0.2, 0.25) is 10.4 Å². The van der Waals surface area contributed by atoms with E-state index in [1.165, 1.54) is 7.11 Å². The number of allylic oxidation sites excluding steroid dienone is 4. The number of halogens is 2. The molecule has 4 aliphatic carbocycles. The number of carbonyl (C=O) groups excluding carboxylic acids is 3. The number of carbonyl (C=O) groups is 3. The predicted molar refractivity (Wildman–Crippen MR) is 119 cm³/mol. The molecule has 176 valence electrons. The first-order valence-electron chi connectivity index (χ1n) is 11.1. The minimum absolute atomic E-state index is 0.0127. The van der Waals surface area contributed by atoms with Crippen molar-refractivity contribution in [1.82, 2.24) is 0 Å². The first-order chi connectivity index (χ1) is 14.9. The van der Waals surface area contributed by atoms with Crippen LogP contribution in [0.15, 0.2) is 23.8 Å². The van der Waals surface area contributed by atoms with Crippen LogP contribution in [0.5, 0.6) is 0 Å². The first-order valence-corrected chi connectivity index (χ1v) is 12.0. The van der Waals surface area contributed by atoms with Crippen molar-refractivity contribution in [2.45, 2.75) is 63.0 Å². The highest BCUT2D eigenvalue weighted by Gasteiger charge is 2.71. The van der Waals surface area contributed by atoms with Crippen LogP contribution in [0.3, 0.4) is 0 Å². The van der Waals surface area contributed by atoms with Gasteiger partial charge in [-0.05, 0) is 55.6 Å². The molecule has 0 amide bonds. The molecule has 1 N–H and O–H groups in total. The van der Waals surface area contributed by atoms with Gasteiger partial charge in [0.15, 0.2) is 5.78 Å². The topological polar surface area (TPSA) is 89.9 Å². The summed E-state index contributed by atoms with van der Waals surface area (Å²) < 4.78 is 10.8. The molecule has 4 rings (SSSR count). The molecule has 0 spiro atoms. The molecule has 0 heterocycles. The largest absolute Gasteiger partial charge is 0.466 e. The monoisotopic (exact) mass is 484 g/mol. The van der Waals surface area contributed by atoms with Gasteiger partial charge in [-0.3, -0.25) is 4.79 Å². The molecule has 4 aliphatic rings. The van der Waals surface area contributed by atoms with E-state index in [0.717, 1.165) is 12.0 Å². The molecular formula is C24H30Cl2O6. The molecule has 3 fully saturated rings. The normalized spacial score (nSPS) is 44.9. The Labute approximate surface area is 198 Å². The Morgan fingerprint density at radius 2 is 1.97 bits per heavy atom. The van der Waals surface area contributed by atoms with Crippen LogP contribution in [0.25, 0.3) is 0 Å². The fraction of sp³-hybridized carbons (Fsp3) is 0.708. The van der Waals surface area contributed by atoms with E-state index in [0.29, 0.717) is 6.42 Å². The highest BCUT2D eigenvalue weighted by molar-refractivity contribution is 6.53. The second-order valence-corrected chi connectivity index (χ2v) is 11.4. The molecule has 0 aromatic heterocycles. The highest BCUT2D eigenvalue weighted by atomic mass is 35.5. The average Bonchev–Trinajstić information content (AvgIpc) is 3.01. The Kier molecular flexibility index (Phi) is 5.83. The van der Waals surface area contributed by atoms with Crippen molar-refractivity contribution in [3.8, 4) is 0 Å². The summed E-state index contributed by atoms with van der Waals surface area (Å²) in [5.41, 5.74) is -1.79. The summed E-state index contributed by atoms with van der Waals surface area (Å²) in [6.07, 6.45) is 6.46. The molecule has 8 heteroatoms. The second-order valence-electron chi connectivity index (χ2n) is 10.3. The maximum Gasteiger partial charge on any atom is 0.350 e. The Bertz CT molecular complexity index is 912. The van der Waals surface area contributed by atoms with E-state index in [9.17, 15) is 19.5 Å². The zero-order valence-corrected chi connectivity index (χ0v) is 20.3. The maximum absolute atomic E-state index is 13.1. The first kappa shape index (κ1) is 23.8. The minimum atomic E-state index is -1.56. The lowest BCUT2D eigenvalue weighted by Crippen LogP contribution is -2.63. The summed E-state index contributed by atoms with van der Waals surface area (Å²) in [4.78, 5) is 36.2. The molecule has 0 saturated heterocycles. The number of aliphatic hydroxyl groups is 1. The Morgan fingerprint density at radius 3 is 2.59 bits per heavy atom. The van der Waals surface area contributed by atoms with Crippen molar-refractivity contribution in [1.29, 1.82) is 0 Å². The fourth-order valence-electron chi connectivity index (χ4n) is 7.66. The predicted octanol–water partition coefficient (Wildman–Crippen LogP) is 3.77. The minimum Gasteiger partial charge on any atom is -0.466 e. The number of fused-ring (bicyclic) bond motifs is 5. The third-order valence-electron chi connectivity index (χ3n) is 8.90. The van der Waals surface area contributed by atoms with Gasteiger partial charge in [-0.1, -0.05) is 55.6 Å². The molecule has 3 saturated carbocycles. The average molecular weight is 485 g/mol. The van der Waals surface area contributed by atoms with Crippen LogP contribution in [0, 0.1) is 34.5 Å². The number of hydrogen-bond acceptors (Lipinski definition) is 6. The fourth-order valence-corrected chi connectivity index (χ4v) is 7.75. The molecular weight excluding hydrogens is 455 g/mol. The highest BCUT2D eigenvalue weighted by Crippen LogP contribution is 2.68. The summed E-state index contributed by atoms with van der Waals surface area (Å²) >= 11 is 11.5. The number of aliphatic hydroxyl groups excluding tert-OH is 1. The van der Waals surface area contributed by atoms with E-state index in [-0.39, 0.29) is 42.3 Å². The Hall–Kier alpha value is -1.37. The third kappa shape index (κ3) is 3.13. The number of alkyl halides is 2. The number of esters is 2. The van der Waals surface area contributed by atoms with E-state index in [1.54, 1.807) is 12.2 Å². The van der Waals surface area contributed by atoms with Crippen LogP contribution in [-0.2, 0) is 23.9 Å². The lowest BCUT2D eigenvalue weighted by Gasteiger charge is -2.60. The third-order valence-corrected chi connectivity index (χ3v) is 9.26. The molecule has 0 aromatic carbocycles. The van der Waals surface area contributed by atoms with E-state index >= 15 is 0 Å².